The zero-order chi connectivity index (χ0) is 9.10. The molecule has 1 radical (unpaired) electrons. The van der Waals surface area contributed by atoms with E-state index in [1.807, 2.05) is 0 Å². The van der Waals surface area contributed by atoms with Crippen molar-refractivity contribution in [3.8, 4) is 0 Å². The number of rotatable bonds is 1. The SMILES string of the molecule is Clc1c[c]cnc1N1CCNCC1. The Morgan fingerprint density at radius 2 is 2.23 bits per heavy atom. The van der Waals surface area contributed by atoms with E-state index >= 15 is 0 Å². The van der Waals surface area contributed by atoms with Gasteiger partial charge in [-0.2, -0.15) is 0 Å². The third-order valence-corrected chi connectivity index (χ3v) is 2.38. The van der Waals surface area contributed by atoms with E-state index in [0.717, 1.165) is 32.0 Å². The molecule has 1 fully saturated rings. The van der Waals surface area contributed by atoms with Crippen molar-refractivity contribution in [2.45, 2.75) is 0 Å². The fourth-order valence-electron chi connectivity index (χ4n) is 1.44. The molecule has 0 amide bonds. The highest BCUT2D eigenvalue weighted by molar-refractivity contribution is 6.32. The number of nitrogens with one attached hydrogen (secondary N) is 1. The monoisotopic (exact) mass is 196 g/mol. The van der Waals surface area contributed by atoms with Gasteiger partial charge in [0.1, 0.15) is 5.82 Å². The second-order valence-corrected chi connectivity index (χ2v) is 3.38. The molecular weight excluding hydrogens is 186 g/mol. The molecule has 1 aliphatic rings. The molecule has 1 aliphatic heterocycles. The lowest BCUT2D eigenvalue weighted by Gasteiger charge is -2.28. The molecule has 0 saturated carbocycles. The van der Waals surface area contributed by atoms with Crippen LogP contribution in [0.2, 0.25) is 5.02 Å². The number of halogens is 1. The quantitative estimate of drug-likeness (QED) is 0.725. The van der Waals surface area contributed by atoms with Crippen molar-refractivity contribution < 1.29 is 0 Å². The summed E-state index contributed by atoms with van der Waals surface area (Å²) in [6.07, 6.45) is 1.66. The molecule has 0 bridgehead atoms. The van der Waals surface area contributed by atoms with Crippen LogP contribution >= 0.6 is 11.6 Å². The summed E-state index contributed by atoms with van der Waals surface area (Å²) in [7, 11) is 0. The number of anilines is 1. The van der Waals surface area contributed by atoms with Crippen LogP contribution < -0.4 is 10.2 Å². The maximum atomic E-state index is 6.00. The smallest absolute Gasteiger partial charge is 0.147 e. The predicted molar refractivity (Wildman–Crippen MR) is 53.2 cm³/mol. The molecule has 1 aromatic rings. The van der Waals surface area contributed by atoms with Gasteiger partial charge in [-0.15, -0.1) is 0 Å². The standard InChI is InChI=1S/C9H11ClN3/c10-8-2-1-3-12-9(8)13-6-4-11-5-7-13/h2-3,11H,4-7H2. The van der Waals surface area contributed by atoms with E-state index in [0.29, 0.717) is 5.02 Å². The van der Waals surface area contributed by atoms with Crippen molar-refractivity contribution in [3.63, 3.8) is 0 Å². The Morgan fingerprint density at radius 1 is 1.46 bits per heavy atom. The summed E-state index contributed by atoms with van der Waals surface area (Å²) in [6, 6.07) is 4.61. The minimum Gasteiger partial charge on any atom is -0.353 e. The van der Waals surface area contributed by atoms with E-state index in [1.165, 1.54) is 0 Å². The van der Waals surface area contributed by atoms with Crippen molar-refractivity contribution in [1.29, 1.82) is 0 Å². The van der Waals surface area contributed by atoms with Crippen LogP contribution in [0.3, 0.4) is 0 Å². The summed E-state index contributed by atoms with van der Waals surface area (Å²) in [5.41, 5.74) is 0. The van der Waals surface area contributed by atoms with Gasteiger partial charge < -0.3 is 10.2 Å². The first kappa shape index (κ1) is 8.78. The topological polar surface area (TPSA) is 28.2 Å². The second-order valence-electron chi connectivity index (χ2n) is 2.98. The van der Waals surface area contributed by atoms with Gasteiger partial charge >= 0.3 is 0 Å². The number of aromatic nitrogens is 1. The van der Waals surface area contributed by atoms with Gasteiger partial charge in [0.2, 0.25) is 0 Å². The van der Waals surface area contributed by atoms with Crippen LogP contribution in [0.1, 0.15) is 0 Å². The first-order valence-electron chi connectivity index (χ1n) is 4.35. The molecule has 0 spiro atoms. The highest BCUT2D eigenvalue weighted by atomic mass is 35.5. The molecule has 3 nitrogen and oxygen atoms in total. The minimum absolute atomic E-state index is 0.685. The van der Waals surface area contributed by atoms with E-state index in [2.05, 4.69) is 21.3 Å². The van der Waals surface area contributed by atoms with Crippen LogP contribution in [0.5, 0.6) is 0 Å². The van der Waals surface area contributed by atoms with Gasteiger partial charge in [0, 0.05) is 38.4 Å². The number of hydrogen-bond acceptors (Lipinski definition) is 3. The molecule has 2 rings (SSSR count). The first-order valence-corrected chi connectivity index (χ1v) is 4.73. The van der Waals surface area contributed by atoms with E-state index < -0.39 is 0 Å². The zero-order valence-corrected chi connectivity index (χ0v) is 8.01. The number of hydrogen-bond donors (Lipinski definition) is 1. The van der Waals surface area contributed by atoms with Gasteiger partial charge in [0.05, 0.1) is 5.02 Å². The molecule has 4 heteroatoms. The largest absolute Gasteiger partial charge is 0.353 e. The van der Waals surface area contributed by atoms with Crippen molar-refractivity contribution in [3.05, 3.63) is 23.4 Å². The molecule has 1 saturated heterocycles. The normalized spacial score (nSPS) is 17.5. The molecule has 2 heterocycles. The Balaban J connectivity index is 2.18. The van der Waals surface area contributed by atoms with Crippen LogP contribution in [-0.4, -0.2) is 31.2 Å². The van der Waals surface area contributed by atoms with Crippen LogP contribution in [0.4, 0.5) is 5.82 Å². The van der Waals surface area contributed by atoms with Crippen LogP contribution in [-0.2, 0) is 0 Å². The van der Waals surface area contributed by atoms with Gasteiger partial charge in [0.15, 0.2) is 0 Å². The van der Waals surface area contributed by atoms with Gasteiger partial charge in [-0.25, -0.2) is 4.98 Å². The van der Waals surface area contributed by atoms with Crippen LogP contribution in [0.15, 0.2) is 12.3 Å². The minimum atomic E-state index is 0.685. The highest BCUT2D eigenvalue weighted by Crippen LogP contribution is 2.21. The third-order valence-electron chi connectivity index (χ3n) is 2.10. The van der Waals surface area contributed by atoms with Gasteiger partial charge in [-0.1, -0.05) is 11.6 Å². The Labute approximate surface area is 82.7 Å². The zero-order valence-electron chi connectivity index (χ0n) is 7.26. The van der Waals surface area contributed by atoms with Crippen molar-refractivity contribution >= 4 is 17.4 Å². The maximum absolute atomic E-state index is 6.00. The Hall–Kier alpha value is -0.800. The molecule has 0 aromatic carbocycles. The highest BCUT2D eigenvalue weighted by Gasteiger charge is 2.13. The summed E-state index contributed by atoms with van der Waals surface area (Å²) in [5.74, 6) is 0.877. The summed E-state index contributed by atoms with van der Waals surface area (Å²) in [4.78, 5) is 6.40. The van der Waals surface area contributed by atoms with E-state index in [-0.39, 0.29) is 0 Å². The van der Waals surface area contributed by atoms with E-state index in [4.69, 9.17) is 11.6 Å². The lowest BCUT2D eigenvalue weighted by molar-refractivity contribution is 0.585. The predicted octanol–water partition coefficient (Wildman–Crippen LogP) is 0.945. The fraction of sp³-hybridized carbons (Fsp3) is 0.444. The molecular formula is C9H11ClN3. The summed E-state index contributed by atoms with van der Waals surface area (Å²) < 4.78 is 0. The summed E-state index contributed by atoms with van der Waals surface area (Å²) >= 11 is 6.00. The van der Waals surface area contributed by atoms with E-state index in [9.17, 15) is 0 Å². The average molecular weight is 197 g/mol. The Bertz CT molecular complexity index is 284. The number of pyridine rings is 1. The lowest BCUT2D eigenvalue weighted by atomic mass is 10.3. The fourth-order valence-corrected chi connectivity index (χ4v) is 1.68. The van der Waals surface area contributed by atoms with E-state index in [1.54, 1.807) is 12.3 Å². The van der Waals surface area contributed by atoms with Crippen LogP contribution in [0, 0.1) is 6.07 Å². The average Bonchev–Trinajstić information content (AvgIpc) is 2.20. The summed E-state index contributed by atoms with van der Waals surface area (Å²) in [6.45, 7) is 3.93. The Morgan fingerprint density at radius 3 is 2.92 bits per heavy atom. The first-order chi connectivity index (χ1) is 6.38. The van der Waals surface area contributed by atoms with Gasteiger partial charge in [-0.05, 0) is 6.07 Å². The number of nitrogens with zero attached hydrogens (tertiary/aromatic N) is 2. The third kappa shape index (κ3) is 1.92. The van der Waals surface area contributed by atoms with Gasteiger partial charge in [0.25, 0.3) is 0 Å². The summed E-state index contributed by atoms with van der Waals surface area (Å²) in [5, 5.41) is 3.97. The molecule has 0 aliphatic carbocycles. The molecule has 13 heavy (non-hydrogen) atoms. The molecule has 0 unspecified atom stereocenters. The molecule has 1 aromatic heterocycles. The molecule has 1 N–H and O–H groups in total. The second kappa shape index (κ2) is 3.94. The molecule has 69 valence electrons. The van der Waals surface area contributed by atoms with Crippen molar-refractivity contribution in [2.24, 2.45) is 0 Å². The maximum Gasteiger partial charge on any atom is 0.147 e. The number of piperazine rings is 1. The van der Waals surface area contributed by atoms with Crippen molar-refractivity contribution in [1.82, 2.24) is 10.3 Å². The Kier molecular flexibility index (Phi) is 2.66. The molecule has 0 atom stereocenters. The van der Waals surface area contributed by atoms with Gasteiger partial charge in [-0.3, -0.25) is 0 Å². The lowest BCUT2D eigenvalue weighted by Crippen LogP contribution is -2.44. The van der Waals surface area contributed by atoms with Crippen molar-refractivity contribution in [2.75, 3.05) is 31.1 Å². The van der Waals surface area contributed by atoms with Crippen LogP contribution in [0.25, 0.3) is 0 Å².